The van der Waals surface area contributed by atoms with Crippen LogP contribution in [0.2, 0.25) is 0 Å². The Morgan fingerprint density at radius 1 is 1.06 bits per heavy atom. The van der Waals surface area contributed by atoms with E-state index in [4.69, 9.17) is 0 Å². The van der Waals surface area contributed by atoms with Crippen molar-refractivity contribution < 1.29 is 0 Å². The van der Waals surface area contributed by atoms with Crippen molar-refractivity contribution in [2.75, 3.05) is 25.4 Å². The van der Waals surface area contributed by atoms with Crippen LogP contribution in [0.25, 0.3) is 0 Å². The first kappa shape index (κ1) is 12.6. The van der Waals surface area contributed by atoms with E-state index in [0.717, 1.165) is 5.75 Å². The van der Waals surface area contributed by atoms with Crippen LogP contribution in [0.1, 0.15) is 30.4 Å². The predicted molar refractivity (Wildman–Crippen MR) is 80.4 cm³/mol. The molecule has 0 N–H and O–H groups in total. The van der Waals surface area contributed by atoms with Gasteiger partial charge in [-0.05, 0) is 48.0 Å². The molecule has 0 atom stereocenters. The number of nitrogens with zero attached hydrogens (tertiary/aromatic N) is 1. The maximum atomic E-state index is 4.58. The molecule has 1 nitrogen and oxygen atoms in total. The molecule has 1 saturated carbocycles. The number of hydrogen-bond donors (Lipinski definition) is 1. The molecule has 1 aromatic rings. The van der Waals surface area contributed by atoms with Crippen LogP contribution in [0.3, 0.4) is 0 Å². The fourth-order valence-electron chi connectivity index (χ4n) is 3.39. The van der Waals surface area contributed by atoms with Crippen LogP contribution in [0.4, 0.5) is 0 Å². The van der Waals surface area contributed by atoms with Gasteiger partial charge >= 0.3 is 0 Å². The van der Waals surface area contributed by atoms with Crippen LogP contribution in [0.5, 0.6) is 0 Å². The van der Waals surface area contributed by atoms with Gasteiger partial charge in [-0.1, -0.05) is 30.7 Å². The molecule has 0 radical (unpaired) electrons. The summed E-state index contributed by atoms with van der Waals surface area (Å²) in [5.74, 6) is 1.07. The van der Waals surface area contributed by atoms with Crippen molar-refractivity contribution in [2.45, 2.75) is 32.1 Å². The number of rotatable bonds is 3. The van der Waals surface area contributed by atoms with E-state index in [-0.39, 0.29) is 0 Å². The lowest BCUT2D eigenvalue weighted by Crippen LogP contribution is -2.44. The SMILES string of the molecule is SCC1(CN2CCc3ccccc3CC2)CCC1. The van der Waals surface area contributed by atoms with E-state index in [1.807, 2.05) is 0 Å². The Morgan fingerprint density at radius 3 is 2.11 bits per heavy atom. The molecule has 1 aromatic carbocycles. The summed E-state index contributed by atoms with van der Waals surface area (Å²) in [5, 5.41) is 0. The van der Waals surface area contributed by atoms with Gasteiger partial charge in [-0.3, -0.25) is 0 Å². The fraction of sp³-hybridized carbons (Fsp3) is 0.625. The lowest BCUT2D eigenvalue weighted by atomic mass is 9.70. The summed E-state index contributed by atoms with van der Waals surface area (Å²) in [6, 6.07) is 8.96. The molecular weight excluding hydrogens is 238 g/mol. The molecule has 0 spiro atoms. The summed E-state index contributed by atoms with van der Waals surface area (Å²) < 4.78 is 0. The number of benzene rings is 1. The first-order valence-electron chi connectivity index (χ1n) is 7.21. The van der Waals surface area contributed by atoms with Gasteiger partial charge in [0.15, 0.2) is 0 Å². The van der Waals surface area contributed by atoms with Gasteiger partial charge in [-0.2, -0.15) is 12.6 Å². The summed E-state index contributed by atoms with van der Waals surface area (Å²) in [7, 11) is 0. The van der Waals surface area contributed by atoms with Gasteiger partial charge in [0.05, 0.1) is 0 Å². The second kappa shape index (κ2) is 5.26. The Hall–Kier alpha value is -0.470. The average Bonchev–Trinajstić information content (AvgIpc) is 2.57. The first-order chi connectivity index (χ1) is 8.81. The lowest BCUT2D eigenvalue weighted by molar-refractivity contribution is 0.0928. The first-order valence-corrected chi connectivity index (χ1v) is 7.85. The van der Waals surface area contributed by atoms with Crippen molar-refractivity contribution in [1.29, 1.82) is 0 Å². The highest BCUT2D eigenvalue weighted by Gasteiger charge is 2.37. The molecule has 1 aliphatic heterocycles. The Kier molecular flexibility index (Phi) is 3.67. The van der Waals surface area contributed by atoms with Gasteiger partial charge in [0.1, 0.15) is 0 Å². The van der Waals surface area contributed by atoms with Crippen molar-refractivity contribution >= 4 is 12.6 Å². The number of thiol groups is 1. The van der Waals surface area contributed by atoms with E-state index in [1.165, 1.54) is 51.7 Å². The van der Waals surface area contributed by atoms with Gasteiger partial charge in [0.2, 0.25) is 0 Å². The van der Waals surface area contributed by atoms with Crippen molar-refractivity contribution in [1.82, 2.24) is 4.90 Å². The summed E-state index contributed by atoms with van der Waals surface area (Å²) in [6.45, 7) is 3.73. The highest BCUT2D eigenvalue weighted by atomic mass is 32.1. The van der Waals surface area contributed by atoms with Crippen LogP contribution >= 0.6 is 12.6 Å². The molecule has 2 heteroatoms. The Balaban J connectivity index is 1.64. The van der Waals surface area contributed by atoms with Gasteiger partial charge < -0.3 is 4.90 Å². The quantitative estimate of drug-likeness (QED) is 0.818. The highest BCUT2D eigenvalue weighted by molar-refractivity contribution is 7.80. The van der Waals surface area contributed by atoms with E-state index in [0.29, 0.717) is 5.41 Å². The van der Waals surface area contributed by atoms with E-state index < -0.39 is 0 Å². The van der Waals surface area contributed by atoms with Crippen molar-refractivity contribution in [3.8, 4) is 0 Å². The maximum Gasteiger partial charge on any atom is 0.00460 e. The molecule has 1 fully saturated rings. The van der Waals surface area contributed by atoms with Crippen molar-refractivity contribution in [2.24, 2.45) is 5.41 Å². The molecule has 0 amide bonds. The molecule has 0 unspecified atom stereocenters. The second-order valence-corrected chi connectivity index (χ2v) is 6.37. The molecule has 1 aliphatic carbocycles. The van der Waals surface area contributed by atoms with Gasteiger partial charge in [0, 0.05) is 19.6 Å². The molecular formula is C16H23NS. The minimum absolute atomic E-state index is 0.541. The van der Waals surface area contributed by atoms with E-state index >= 15 is 0 Å². The second-order valence-electron chi connectivity index (χ2n) is 6.06. The zero-order chi connectivity index (χ0) is 12.4. The minimum atomic E-state index is 0.541. The average molecular weight is 261 g/mol. The fourth-order valence-corrected chi connectivity index (χ4v) is 3.81. The Morgan fingerprint density at radius 2 is 1.67 bits per heavy atom. The molecule has 98 valence electrons. The zero-order valence-corrected chi connectivity index (χ0v) is 12.0. The number of hydrogen-bond acceptors (Lipinski definition) is 2. The lowest BCUT2D eigenvalue weighted by Gasteiger charge is -2.44. The summed E-state index contributed by atoms with van der Waals surface area (Å²) >= 11 is 4.58. The van der Waals surface area contributed by atoms with Crippen molar-refractivity contribution in [3.63, 3.8) is 0 Å². The van der Waals surface area contributed by atoms with Crippen LogP contribution in [-0.4, -0.2) is 30.3 Å². The van der Waals surface area contributed by atoms with Crippen LogP contribution in [0.15, 0.2) is 24.3 Å². The zero-order valence-electron chi connectivity index (χ0n) is 11.1. The molecule has 3 rings (SSSR count). The molecule has 0 saturated heterocycles. The minimum Gasteiger partial charge on any atom is -0.302 e. The van der Waals surface area contributed by atoms with Gasteiger partial charge in [-0.15, -0.1) is 0 Å². The van der Waals surface area contributed by atoms with E-state index in [1.54, 1.807) is 11.1 Å². The maximum absolute atomic E-state index is 4.58. The Labute approximate surface area is 116 Å². The van der Waals surface area contributed by atoms with E-state index in [2.05, 4.69) is 41.8 Å². The van der Waals surface area contributed by atoms with E-state index in [9.17, 15) is 0 Å². The van der Waals surface area contributed by atoms with Crippen LogP contribution in [0, 0.1) is 5.41 Å². The molecule has 0 aromatic heterocycles. The predicted octanol–water partition coefficient (Wildman–Crippen LogP) is 3.19. The topological polar surface area (TPSA) is 3.24 Å². The molecule has 1 heterocycles. The van der Waals surface area contributed by atoms with Crippen LogP contribution in [-0.2, 0) is 12.8 Å². The largest absolute Gasteiger partial charge is 0.302 e. The molecule has 18 heavy (non-hydrogen) atoms. The normalized spacial score (nSPS) is 22.9. The van der Waals surface area contributed by atoms with Crippen LogP contribution < -0.4 is 0 Å². The summed E-state index contributed by atoms with van der Waals surface area (Å²) in [5.41, 5.74) is 3.67. The van der Waals surface area contributed by atoms with Gasteiger partial charge in [0.25, 0.3) is 0 Å². The summed E-state index contributed by atoms with van der Waals surface area (Å²) in [4.78, 5) is 2.68. The molecule has 0 bridgehead atoms. The third kappa shape index (κ3) is 2.46. The standard InChI is InChI=1S/C16H23NS/c18-13-16(8-3-9-16)12-17-10-6-14-4-1-2-5-15(14)7-11-17/h1-2,4-5,18H,3,6-13H2. The Bertz CT molecular complexity index is 379. The van der Waals surface area contributed by atoms with Gasteiger partial charge in [-0.25, -0.2) is 0 Å². The number of fused-ring (bicyclic) bond motifs is 1. The molecule has 2 aliphatic rings. The highest BCUT2D eigenvalue weighted by Crippen LogP contribution is 2.42. The smallest absolute Gasteiger partial charge is 0.00460 e. The monoisotopic (exact) mass is 261 g/mol. The van der Waals surface area contributed by atoms with Crippen molar-refractivity contribution in [3.05, 3.63) is 35.4 Å². The third-order valence-corrected chi connectivity index (χ3v) is 5.49. The summed E-state index contributed by atoms with van der Waals surface area (Å²) in [6.07, 6.45) is 6.63. The third-order valence-electron chi connectivity index (χ3n) is 4.82.